The van der Waals surface area contributed by atoms with Crippen molar-refractivity contribution in [2.24, 2.45) is 0 Å². The molecule has 0 saturated carbocycles. The van der Waals surface area contributed by atoms with Crippen molar-refractivity contribution in [1.29, 1.82) is 0 Å². The number of alkyl halides is 3. The van der Waals surface area contributed by atoms with Crippen LogP contribution < -0.4 is 0 Å². The van der Waals surface area contributed by atoms with Gasteiger partial charge in [0.15, 0.2) is 0 Å². The molecule has 0 radical (unpaired) electrons. The van der Waals surface area contributed by atoms with Gasteiger partial charge in [-0.05, 0) is 22.7 Å². The van der Waals surface area contributed by atoms with Crippen molar-refractivity contribution in [3.05, 3.63) is 22.6 Å². The molecule has 0 spiro atoms. The molecule has 1 atom stereocenters. The highest BCUT2D eigenvalue weighted by molar-refractivity contribution is 5.71. The third-order valence-corrected chi connectivity index (χ3v) is 2.61. The number of halogens is 3. The number of carboxylic acids is 1. The smallest absolute Gasteiger partial charge is 0.389 e. The summed E-state index contributed by atoms with van der Waals surface area (Å²) < 4.78 is 36.9. The highest BCUT2D eigenvalue weighted by Crippen LogP contribution is 2.25. The van der Waals surface area contributed by atoms with E-state index in [2.05, 4.69) is 4.98 Å². The van der Waals surface area contributed by atoms with E-state index in [4.69, 9.17) is 5.11 Å². The van der Waals surface area contributed by atoms with Gasteiger partial charge < -0.3 is 15.2 Å². The van der Waals surface area contributed by atoms with E-state index < -0.39 is 35.3 Å². The third kappa shape index (κ3) is 4.86. The second-order valence-corrected chi connectivity index (χ2v) is 4.15. The standard InChI is InChI=1S/C10H12F3N3O4/c11-10(12,13)4-2-1-3-7(9(17)18)15-5-8(14-6-15)16(19)20/h5-7H,1-4H2,(H,17,18). The Morgan fingerprint density at radius 3 is 2.60 bits per heavy atom. The van der Waals surface area contributed by atoms with E-state index in [0.29, 0.717) is 0 Å². The first-order chi connectivity index (χ1) is 9.20. The van der Waals surface area contributed by atoms with Crippen LogP contribution in [0.2, 0.25) is 0 Å². The second kappa shape index (κ2) is 6.35. The Bertz CT molecular complexity index is 486. The van der Waals surface area contributed by atoms with Crippen LogP contribution in [0.15, 0.2) is 12.5 Å². The Morgan fingerprint density at radius 1 is 1.50 bits per heavy atom. The molecule has 0 aliphatic carbocycles. The van der Waals surface area contributed by atoms with Crippen LogP contribution in [0.3, 0.4) is 0 Å². The van der Waals surface area contributed by atoms with Gasteiger partial charge in [-0.15, -0.1) is 0 Å². The van der Waals surface area contributed by atoms with Gasteiger partial charge in [-0.1, -0.05) is 6.42 Å². The summed E-state index contributed by atoms with van der Waals surface area (Å²) in [6.07, 6.45) is -3.52. The lowest BCUT2D eigenvalue weighted by Crippen LogP contribution is -2.18. The number of nitrogens with zero attached hydrogens (tertiary/aromatic N) is 3. The van der Waals surface area contributed by atoms with Gasteiger partial charge in [0, 0.05) is 6.42 Å². The molecular formula is C10H12F3N3O4. The number of hydrogen-bond acceptors (Lipinski definition) is 4. The van der Waals surface area contributed by atoms with E-state index in [1.165, 1.54) is 0 Å². The van der Waals surface area contributed by atoms with Gasteiger partial charge >= 0.3 is 18.0 Å². The number of aromatic nitrogens is 2. The highest BCUT2D eigenvalue weighted by atomic mass is 19.4. The summed E-state index contributed by atoms with van der Waals surface area (Å²) >= 11 is 0. The topological polar surface area (TPSA) is 98.3 Å². The monoisotopic (exact) mass is 295 g/mol. The molecule has 10 heteroatoms. The number of carboxylic acid groups (broad SMARTS) is 1. The van der Waals surface area contributed by atoms with E-state index in [9.17, 15) is 28.1 Å². The first kappa shape index (κ1) is 15.9. The van der Waals surface area contributed by atoms with Gasteiger partial charge in [0.25, 0.3) is 0 Å². The van der Waals surface area contributed by atoms with Crippen LogP contribution in [-0.2, 0) is 4.79 Å². The molecule has 7 nitrogen and oxygen atoms in total. The summed E-state index contributed by atoms with van der Waals surface area (Å²) in [6, 6.07) is -1.16. The molecule has 1 rings (SSSR count). The molecule has 1 heterocycles. The van der Waals surface area contributed by atoms with Crippen molar-refractivity contribution in [3.8, 4) is 0 Å². The van der Waals surface area contributed by atoms with Crippen molar-refractivity contribution in [3.63, 3.8) is 0 Å². The molecule has 0 aromatic carbocycles. The Kier molecular flexibility index (Phi) is 5.06. The molecule has 1 aromatic heterocycles. The van der Waals surface area contributed by atoms with E-state index >= 15 is 0 Å². The number of carbonyl (C=O) groups is 1. The lowest BCUT2D eigenvalue weighted by Gasteiger charge is -2.12. The Morgan fingerprint density at radius 2 is 2.15 bits per heavy atom. The number of unbranched alkanes of at least 4 members (excludes halogenated alkanes) is 1. The van der Waals surface area contributed by atoms with Gasteiger partial charge in [-0.25, -0.2) is 4.79 Å². The van der Waals surface area contributed by atoms with Crippen molar-refractivity contribution < 1.29 is 28.0 Å². The lowest BCUT2D eigenvalue weighted by molar-refractivity contribution is -0.389. The maximum atomic E-state index is 11.9. The van der Waals surface area contributed by atoms with Crippen LogP contribution in [0.4, 0.5) is 19.0 Å². The molecule has 0 saturated heterocycles. The maximum Gasteiger partial charge on any atom is 0.389 e. The number of aliphatic carboxylic acids is 1. The normalized spacial score (nSPS) is 13.2. The van der Waals surface area contributed by atoms with Gasteiger partial charge in [0.1, 0.15) is 12.2 Å². The lowest BCUT2D eigenvalue weighted by atomic mass is 10.1. The minimum Gasteiger partial charge on any atom is -0.480 e. The largest absolute Gasteiger partial charge is 0.480 e. The quantitative estimate of drug-likeness (QED) is 0.473. The van der Waals surface area contributed by atoms with E-state index in [0.717, 1.165) is 17.1 Å². The van der Waals surface area contributed by atoms with E-state index in [-0.39, 0.29) is 19.3 Å². The van der Waals surface area contributed by atoms with Gasteiger partial charge in [-0.3, -0.25) is 4.57 Å². The predicted octanol–water partition coefficient (Wildman–Crippen LogP) is 2.54. The fourth-order valence-electron chi connectivity index (χ4n) is 1.65. The summed E-state index contributed by atoms with van der Waals surface area (Å²) in [6.45, 7) is 0. The Labute approximate surface area is 111 Å². The van der Waals surface area contributed by atoms with Crippen molar-refractivity contribution in [1.82, 2.24) is 9.55 Å². The molecule has 0 aliphatic heterocycles. The van der Waals surface area contributed by atoms with Crippen LogP contribution in [0.1, 0.15) is 31.7 Å². The maximum absolute atomic E-state index is 11.9. The molecule has 1 aromatic rings. The Balaban J connectivity index is 2.60. The van der Waals surface area contributed by atoms with E-state index in [1.54, 1.807) is 0 Å². The molecule has 20 heavy (non-hydrogen) atoms. The molecule has 0 amide bonds. The minimum atomic E-state index is -4.27. The van der Waals surface area contributed by atoms with E-state index in [1.807, 2.05) is 0 Å². The highest BCUT2D eigenvalue weighted by Gasteiger charge is 2.27. The average Bonchev–Trinajstić information content (AvgIpc) is 2.76. The molecule has 112 valence electrons. The molecule has 1 N–H and O–H groups in total. The summed E-state index contributed by atoms with van der Waals surface area (Å²) in [4.78, 5) is 24.1. The summed E-state index contributed by atoms with van der Waals surface area (Å²) in [5.41, 5.74) is 0. The molecule has 1 unspecified atom stereocenters. The zero-order chi connectivity index (χ0) is 15.3. The molecular weight excluding hydrogens is 283 g/mol. The molecule has 0 bridgehead atoms. The van der Waals surface area contributed by atoms with Crippen molar-refractivity contribution in [2.45, 2.75) is 37.9 Å². The first-order valence-electron chi connectivity index (χ1n) is 5.68. The van der Waals surface area contributed by atoms with Crippen LogP contribution in [-0.4, -0.2) is 31.7 Å². The Hall–Kier alpha value is -2.13. The number of hydrogen-bond donors (Lipinski definition) is 1. The number of rotatable bonds is 7. The third-order valence-electron chi connectivity index (χ3n) is 2.61. The summed E-state index contributed by atoms with van der Waals surface area (Å²) in [5.74, 6) is -1.78. The average molecular weight is 295 g/mol. The zero-order valence-electron chi connectivity index (χ0n) is 10.2. The van der Waals surface area contributed by atoms with Crippen LogP contribution in [0, 0.1) is 10.1 Å². The SMILES string of the molecule is O=C(O)C(CCCCC(F)(F)F)n1cnc([N+](=O)[O-])c1. The number of nitro groups is 1. The molecule has 0 fully saturated rings. The van der Waals surface area contributed by atoms with Crippen LogP contribution in [0.25, 0.3) is 0 Å². The first-order valence-corrected chi connectivity index (χ1v) is 5.68. The van der Waals surface area contributed by atoms with Crippen molar-refractivity contribution in [2.75, 3.05) is 0 Å². The van der Waals surface area contributed by atoms with Gasteiger partial charge in [0.05, 0.1) is 0 Å². The summed E-state index contributed by atoms with van der Waals surface area (Å²) in [5, 5.41) is 19.4. The fourth-order valence-corrected chi connectivity index (χ4v) is 1.65. The predicted molar refractivity (Wildman–Crippen MR) is 60.1 cm³/mol. The second-order valence-electron chi connectivity index (χ2n) is 4.15. The summed E-state index contributed by atoms with van der Waals surface area (Å²) in [7, 11) is 0. The van der Waals surface area contributed by atoms with Crippen LogP contribution >= 0.6 is 0 Å². The molecule has 0 aliphatic rings. The van der Waals surface area contributed by atoms with Crippen molar-refractivity contribution >= 4 is 11.8 Å². The fraction of sp³-hybridized carbons (Fsp3) is 0.600. The zero-order valence-corrected chi connectivity index (χ0v) is 10.2. The van der Waals surface area contributed by atoms with Crippen LogP contribution in [0.5, 0.6) is 0 Å². The van der Waals surface area contributed by atoms with Gasteiger partial charge in [-0.2, -0.15) is 13.2 Å². The van der Waals surface area contributed by atoms with Gasteiger partial charge in [0.2, 0.25) is 6.33 Å². The minimum absolute atomic E-state index is 0.0441. The number of imidazole rings is 1.